The van der Waals surface area contributed by atoms with Crippen LogP contribution in [-0.2, 0) is 6.54 Å². The van der Waals surface area contributed by atoms with Crippen molar-refractivity contribution in [3.05, 3.63) is 39.6 Å². The Hall–Kier alpha value is -2.09. The monoisotopic (exact) mass is 265 g/mol. The maximum absolute atomic E-state index is 11.3. The number of rotatable bonds is 4. The standard InChI is InChI=1S/C10H11N5O2S/c1-3-4-15-8(13-14-10(15)18-2)6-5-7(16)12-9(17)11-6/h3,5H,1,4H2,2H3,(H2,11,12,16,17). The van der Waals surface area contributed by atoms with Crippen LogP contribution in [0.5, 0.6) is 0 Å². The lowest BCUT2D eigenvalue weighted by Crippen LogP contribution is -2.22. The number of aromatic amines is 2. The van der Waals surface area contributed by atoms with Crippen LogP contribution in [0.25, 0.3) is 11.5 Å². The minimum atomic E-state index is -0.573. The van der Waals surface area contributed by atoms with E-state index in [1.165, 1.54) is 17.8 Å². The van der Waals surface area contributed by atoms with E-state index in [9.17, 15) is 9.59 Å². The lowest BCUT2D eigenvalue weighted by Gasteiger charge is -2.05. The van der Waals surface area contributed by atoms with Crippen LogP contribution in [0.1, 0.15) is 0 Å². The van der Waals surface area contributed by atoms with Crippen molar-refractivity contribution in [1.29, 1.82) is 0 Å². The normalized spacial score (nSPS) is 10.5. The van der Waals surface area contributed by atoms with Crippen molar-refractivity contribution < 1.29 is 0 Å². The van der Waals surface area contributed by atoms with Crippen LogP contribution in [0.3, 0.4) is 0 Å². The fourth-order valence-electron chi connectivity index (χ4n) is 1.52. The topological polar surface area (TPSA) is 96.4 Å². The molecule has 0 unspecified atom stereocenters. The van der Waals surface area contributed by atoms with Crippen molar-refractivity contribution in [1.82, 2.24) is 24.7 Å². The van der Waals surface area contributed by atoms with E-state index in [-0.39, 0.29) is 0 Å². The predicted octanol–water partition coefficient (Wildman–Crippen LogP) is 0.230. The second-order valence-electron chi connectivity index (χ2n) is 3.41. The zero-order valence-electron chi connectivity index (χ0n) is 9.64. The van der Waals surface area contributed by atoms with Gasteiger partial charge in [0.15, 0.2) is 11.0 Å². The van der Waals surface area contributed by atoms with E-state index < -0.39 is 11.2 Å². The summed E-state index contributed by atoms with van der Waals surface area (Å²) in [6, 6.07) is 1.27. The number of allylic oxidation sites excluding steroid dienone is 1. The van der Waals surface area contributed by atoms with E-state index in [0.717, 1.165) is 0 Å². The van der Waals surface area contributed by atoms with E-state index >= 15 is 0 Å². The van der Waals surface area contributed by atoms with Gasteiger partial charge in [0.1, 0.15) is 0 Å². The van der Waals surface area contributed by atoms with E-state index in [0.29, 0.717) is 23.2 Å². The molecule has 0 spiro atoms. The summed E-state index contributed by atoms with van der Waals surface area (Å²) >= 11 is 1.42. The molecular formula is C10H11N5O2S. The van der Waals surface area contributed by atoms with Gasteiger partial charge in [0.2, 0.25) is 0 Å². The van der Waals surface area contributed by atoms with Crippen LogP contribution in [0.15, 0.2) is 33.5 Å². The Labute approximate surface area is 106 Å². The summed E-state index contributed by atoms with van der Waals surface area (Å²) in [6.45, 7) is 4.15. The Balaban J connectivity index is 2.62. The van der Waals surface area contributed by atoms with Crippen LogP contribution in [0, 0.1) is 0 Å². The van der Waals surface area contributed by atoms with Crippen LogP contribution >= 0.6 is 11.8 Å². The molecule has 7 nitrogen and oxygen atoms in total. The molecule has 18 heavy (non-hydrogen) atoms. The van der Waals surface area contributed by atoms with Gasteiger partial charge in [-0.1, -0.05) is 17.8 Å². The van der Waals surface area contributed by atoms with E-state index in [1.807, 2.05) is 6.26 Å². The van der Waals surface area contributed by atoms with Crippen LogP contribution < -0.4 is 11.2 Å². The molecule has 0 aliphatic carbocycles. The van der Waals surface area contributed by atoms with Gasteiger partial charge in [-0.3, -0.25) is 14.3 Å². The first-order valence-electron chi connectivity index (χ1n) is 5.08. The van der Waals surface area contributed by atoms with Gasteiger partial charge in [-0.25, -0.2) is 4.79 Å². The molecule has 0 fully saturated rings. The molecule has 0 aliphatic rings. The van der Waals surface area contributed by atoms with Crippen molar-refractivity contribution in [3.8, 4) is 11.5 Å². The number of nitrogens with zero attached hydrogens (tertiary/aromatic N) is 3. The van der Waals surface area contributed by atoms with Gasteiger partial charge in [-0.05, 0) is 6.26 Å². The summed E-state index contributed by atoms with van der Waals surface area (Å²) in [7, 11) is 0. The third kappa shape index (κ3) is 2.28. The Bertz CT molecular complexity index is 656. The maximum Gasteiger partial charge on any atom is 0.326 e. The molecule has 2 heterocycles. The van der Waals surface area contributed by atoms with Gasteiger partial charge in [-0.2, -0.15) is 0 Å². The first kappa shape index (κ1) is 12.4. The second-order valence-corrected chi connectivity index (χ2v) is 4.18. The number of aromatic nitrogens is 5. The number of thioether (sulfide) groups is 1. The highest BCUT2D eigenvalue weighted by Gasteiger charge is 2.13. The van der Waals surface area contributed by atoms with Gasteiger partial charge >= 0.3 is 5.69 Å². The van der Waals surface area contributed by atoms with Gasteiger partial charge in [0, 0.05) is 12.6 Å². The molecule has 0 bridgehead atoms. The Morgan fingerprint density at radius 2 is 2.22 bits per heavy atom. The molecule has 94 valence electrons. The molecule has 0 aromatic carbocycles. The number of hydrogen-bond acceptors (Lipinski definition) is 5. The molecule has 8 heteroatoms. The van der Waals surface area contributed by atoms with Crippen molar-refractivity contribution in [2.45, 2.75) is 11.7 Å². The highest BCUT2D eigenvalue weighted by molar-refractivity contribution is 7.98. The average molecular weight is 265 g/mol. The molecule has 0 radical (unpaired) electrons. The maximum atomic E-state index is 11.3. The number of nitrogens with one attached hydrogen (secondary N) is 2. The SMILES string of the molecule is C=CCn1c(SC)nnc1-c1cc(=O)[nH]c(=O)[nH]1. The van der Waals surface area contributed by atoms with Crippen molar-refractivity contribution in [2.75, 3.05) is 6.26 Å². The summed E-state index contributed by atoms with van der Waals surface area (Å²) in [4.78, 5) is 27.1. The highest BCUT2D eigenvalue weighted by atomic mass is 32.2. The Morgan fingerprint density at radius 1 is 1.44 bits per heavy atom. The molecule has 0 saturated carbocycles. The van der Waals surface area contributed by atoms with Gasteiger partial charge in [-0.15, -0.1) is 16.8 Å². The first-order valence-corrected chi connectivity index (χ1v) is 6.30. The van der Waals surface area contributed by atoms with Gasteiger partial charge in [0.25, 0.3) is 5.56 Å². The molecule has 2 aromatic rings. The largest absolute Gasteiger partial charge is 0.326 e. The molecule has 0 amide bonds. The molecule has 2 rings (SSSR count). The summed E-state index contributed by atoms with van der Waals surface area (Å²) in [5.74, 6) is 0.433. The minimum Gasteiger partial charge on any atom is -0.304 e. The molecular weight excluding hydrogens is 254 g/mol. The fraction of sp³-hybridized carbons (Fsp3) is 0.200. The van der Waals surface area contributed by atoms with Gasteiger partial charge < -0.3 is 4.98 Å². The molecule has 0 atom stereocenters. The van der Waals surface area contributed by atoms with E-state index in [4.69, 9.17) is 0 Å². The van der Waals surface area contributed by atoms with Crippen molar-refractivity contribution in [3.63, 3.8) is 0 Å². The number of H-pyrrole nitrogens is 2. The summed E-state index contributed by atoms with van der Waals surface area (Å²) in [5, 5.41) is 8.65. The van der Waals surface area contributed by atoms with Gasteiger partial charge in [0.05, 0.1) is 5.69 Å². The third-order valence-corrected chi connectivity index (χ3v) is 2.88. The summed E-state index contributed by atoms with van der Waals surface area (Å²) in [5.41, 5.74) is -0.720. The van der Waals surface area contributed by atoms with Crippen molar-refractivity contribution in [2.24, 2.45) is 0 Å². The van der Waals surface area contributed by atoms with E-state index in [2.05, 4.69) is 26.7 Å². The Morgan fingerprint density at radius 3 is 2.83 bits per heavy atom. The molecule has 0 saturated heterocycles. The van der Waals surface area contributed by atoms with Crippen LogP contribution in [0.2, 0.25) is 0 Å². The summed E-state index contributed by atoms with van der Waals surface area (Å²) in [6.07, 6.45) is 3.56. The first-order chi connectivity index (χ1) is 8.65. The third-order valence-electron chi connectivity index (χ3n) is 2.21. The summed E-state index contributed by atoms with van der Waals surface area (Å²) < 4.78 is 1.77. The van der Waals surface area contributed by atoms with E-state index in [1.54, 1.807) is 10.6 Å². The Kier molecular flexibility index (Phi) is 3.47. The van der Waals surface area contributed by atoms with Crippen molar-refractivity contribution >= 4 is 11.8 Å². The zero-order chi connectivity index (χ0) is 13.1. The smallest absolute Gasteiger partial charge is 0.304 e. The zero-order valence-corrected chi connectivity index (χ0v) is 10.5. The lowest BCUT2D eigenvalue weighted by atomic mass is 10.4. The number of hydrogen-bond donors (Lipinski definition) is 2. The highest BCUT2D eigenvalue weighted by Crippen LogP contribution is 2.19. The average Bonchev–Trinajstić information content (AvgIpc) is 2.71. The van der Waals surface area contributed by atoms with Crippen LogP contribution in [-0.4, -0.2) is 31.0 Å². The molecule has 2 N–H and O–H groups in total. The quantitative estimate of drug-likeness (QED) is 0.609. The van der Waals surface area contributed by atoms with Crippen LogP contribution in [0.4, 0.5) is 0 Å². The lowest BCUT2D eigenvalue weighted by molar-refractivity contribution is 0.730. The molecule has 0 aliphatic heterocycles. The molecule has 2 aromatic heterocycles. The second kappa shape index (κ2) is 5.05. The fourth-order valence-corrected chi connectivity index (χ4v) is 2.03. The predicted molar refractivity (Wildman–Crippen MR) is 68.7 cm³/mol. The minimum absolute atomic E-state index is 0.332.